The van der Waals surface area contributed by atoms with Crippen LogP contribution in [-0.2, 0) is 6.42 Å². The lowest BCUT2D eigenvalue weighted by Gasteiger charge is -2.17. The Labute approximate surface area is 148 Å². The number of carbonyl (C=O) groups excluding carboxylic acids is 1. The Morgan fingerprint density at radius 3 is 2.76 bits per heavy atom. The highest BCUT2D eigenvalue weighted by Crippen LogP contribution is 2.19. The van der Waals surface area contributed by atoms with Gasteiger partial charge in [0.15, 0.2) is 0 Å². The number of methoxy groups -OCH3 is 1. The summed E-state index contributed by atoms with van der Waals surface area (Å²) in [4.78, 5) is 23.4. The van der Waals surface area contributed by atoms with Gasteiger partial charge in [0.25, 0.3) is 5.91 Å². The number of benzene rings is 1. The van der Waals surface area contributed by atoms with Crippen LogP contribution >= 0.6 is 0 Å². The highest BCUT2D eigenvalue weighted by molar-refractivity contribution is 5.93. The third-order valence-corrected chi connectivity index (χ3v) is 4.36. The number of aromatic nitrogens is 2. The predicted octanol–water partition coefficient (Wildman–Crippen LogP) is 2.37. The number of nitrogens with one attached hydrogen (secondary N) is 1. The van der Waals surface area contributed by atoms with E-state index in [9.17, 15) is 4.79 Å². The first kappa shape index (κ1) is 17.2. The molecule has 6 heteroatoms. The molecule has 1 fully saturated rings. The molecule has 25 heavy (non-hydrogen) atoms. The number of anilines is 1. The van der Waals surface area contributed by atoms with Crippen LogP contribution in [0.25, 0.3) is 0 Å². The molecule has 0 aliphatic carbocycles. The Morgan fingerprint density at radius 1 is 1.24 bits per heavy atom. The fourth-order valence-corrected chi connectivity index (χ4v) is 3.09. The SMILES string of the molecule is COc1ccccc1CCNC(=O)c1cc(N2CCCC2)nc(C)n1. The number of amides is 1. The summed E-state index contributed by atoms with van der Waals surface area (Å²) in [6, 6.07) is 9.62. The normalized spacial score (nSPS) is 13.8. The lowest BCUT2D eigenvalue weighted by Crippen LogP contribution is -2.28. The summed E-state index contributed by atoms with van der Waals surface area (Å²) >= 11 is 0. The van der Waals surface area contributed by atoms with Gasteiger partial charge in [-0.25, -0.2) is 9.97 Å². The van der Waals surface area contributed by atoms with Crippen LogP contribution in [0.5, 0.6) is 5.75 Å². The molecule has 0 atom stereocenters. The highest BCUT2D eigenvalue weighted by atomic mass is 16.5. The van der Waals surface area contributed by atoms with Crippen LogP contribution in [0.2, 0.25) is 0 Å². The number of nitrogens with zero attached hydrogens (tertiary/aromatic N) is 3. The fourth-order valence-electron chi connectivity index (χ4n) is 3.09. The third kappa shape index (κ3) is 4.26. The Morgan fingerprint density at radius 2 is 2.00 bits per heavy atom. The minimum Gasteiger partial charge on any atom is -0.496 e. The van der Waals surface area contributed by atoms with Gasteiger partial charge in [-0.15, -0.1) is 0 Å². The second kappa shape index (κ2) is 7.96. The maximum absolute atomic E-state index is 12.5. The van der Waals surface area contributed by atoms with Crippen LogP contribution in [0.3, 0.4) is 0 Å². The van der Waals surface area contributed by atoms with E-state index in [1.54, 1.807) is 13.2 Å². The van der Waals surface area contributed by atoms with Gasteiger partial charge in [0.2, 0.25) is 0 Å². The van der Waals surface area contributed by atoms with Crippen LogP contribution in [0, 0.1) is 6.92 Å². The van der Waals surface area contributed by atoms with E-state index in [1.165, 1.54) is 12.8 Å². The highest BCUT2D eigenvalue weighted by Gasteiger charge is 2.17. The van der Waals surface area contributed by atoms with Crippen molar-refractivity contribution in [1.29, 1.82) is 0 Å². The molecule has 1 aliphatic rings. The second-order valence-corrected chi connectivity index (χ2v) is 6.17. The van der Waals surface area contributed by atoms with Crippen LogP contribution in [0.4, 0.5) is 5.82 Å². The van der Waals surface area contributed by atoms with Gasteiger partial charge < -0.3 is 15.0 Å². The summed E-state index contributed by atoms with van der Waals surface area (Å²) in [5, 5.41) is 2.94. The lowest BCUT2D eigenvalue weighted by molar-refractivity contribution is 0.0948. The van der Waals surface area contributed by atoms with Crippen LogP contribution in [-0.4, -0.2) is 42.6 Å². The first-order valence-electron chi connectivity index (χ1n) is 8.68. The van der Waals surface area contributed by atoms with E-state index in [0.717, 1.165) is 30.2 Å². The topological polar surface area (TPSA) is 67.3 Å². The summed E-state index contributed by atoms with van der Waals surface area (Å²) in [6.45, 7) is 4.34. The minimum absolute atomic E-state index is 0.166. The maximum atomic E-state index is 12.5. The van der Waals surface area contributed by atoms with Gasteiger partial charge in [-0.2, -0.15) is 0 Å². The van der Waals surface area contributed by atoms with Crippen molar-refractivity contribution in [3.8, 4) is 5.75 Å². The van der Waals surface area contributed by atoms with E-state index in [0.29, 0.717) is 24.5 Å². The first-order chi connectivity index (χ1) is 12.2. The van der Waals surface area contributed by atoms with Crippen molar-refractivity contribution in [1.82, 2.24) is 15.3 Å². The van der Waals surface area contributed by atoms with Crippen molar-refractivity contribution in [2.45, 2.75) is 26.2 Å². The standard InChI is InChI=1S/C19H24N4O2/c1-14-21-16(13-18(22-14)23-11-5-6-12-23)19(24)20-10-9-15-7-3-4-8-17(15)25-2/h3-4,7-8,13H,5-6,9-12H2,1-2H3,(H,20,24). The second-order valence-electron chi connectivity index (χ2n) is 6.17. The Kier molecular flexibility index (Phi) is 5.48. The summed E-state index contributed by atoms with van der Waals surface area (Å²) in [7, 11) is 1.65. The number of carbonyl (C=O) groups is 1. The molecule has 1 aliphatic heterocycles. The molecule has 1 amide bonds. The lowest BCUT2D eigenvalue weighted by atomic mass is 10.1. The maximum Gasteiger partial charge on any atom is 0.270 e. The smallest absolute Gasteiger partial charge is 0.270 e. The molecule has 0 saturated carbocycles. The van der Waals surface area contributed by atoms with Gasteiger partial charge in [0, 0.05) is 25.7 Å². The van der Waals surface area contributed by atoms with Crippen molar-refractivity contribution >= 4 is 11.7 Å². The van der Waals surface area contributed by atoms with Crippen LogP contribution < -0.4 is 15.0 Å². The zero-order valence-corrected chi connectivity index (χ0v) is 14.8. The number of rotatable bonds is 6. The molecule has 2 heterocycles. The molecule has 1 aromatic carbocycles. The summed E-state index contributed by atoms with van der Waals surface area (Å²) in [6.07, 6.45) is 3.05. The van der Waals surface area contributed by atoms with E-state index in [4.69, 9.17) is 4.74 Å². The van der Waals surface area contributed by atoms with Crippen molar-refractivity contribution in [2.75, 3.05) is 31.6 Å². The largest absolute Gasteiger partial charge is 0.496 e. The fraction of sp³-hybridized carbons (Fsp3) is 0.421. The molecule has 0 unspecified atom stereocenters. The molecular weight excluding hydrogens is 316 g/mol. The predicted molar refractivity (Wildman–Crippen MR) is 97.2 cm³/mol. The van der Waals surface area contributed by atoms with Gasteiger partial charge in [0.05, 0.1) is 7.11 Å². The van der Waals surface area contributed by atoms with Crippen LogP contribution in [0.1, 0.15) is 34.7 Å². The molecule has 0 radical (unpaired) electrons. The number of hydrogen-bond acceptors (Lipinski definition) is 5. The zero-order chi connectivity index (χ0) is 17.6. The molecule has 2 aromatic rings. The average Bonchev–Trinajstić information content (AvgIpc) is 3.16. The van der Waals surface area contributed by atoms with E-state index >= 15 is 0 Å². The number of para-hydroxylation sites is 1. The Bertz CT molecular complexity index is 742. The van der Waals surface area contributed by atoms with Crippen molar-refractivity contribution in [2.24, 2.45) is 0 Å². The van der Waals surface area contributed by atoms with Gasteiger partial charge in [-0.05, 0) is 37.8 Å². The quantitative estimate of drug-likeness (QED) is 0.874. The third-order valence-electron chi connectivity index (χ3n) is 4.36. The summed E-state index contributed by atoms with van der Waals surface area (Å²) < 4.78 is 5.34. The van der Waals surface area contributed by atoms with Gasteiger partial charge in [0.1, 0.15) is 23.1 Å². The van der Waals surface area contributed by atoms with Gasteiger partial charge in [-0.1, -0.05) is 18.2 Å². The monoisotopic (exact) mass is 340 g/mol. The van der Waals surface area contributed by atoms with Crippen molar-refractivity contribution in [3.05, 3.63) is 47.4 Å². The first-order valence-corrected chi connectivity index (χ1v) is 8.68. The molecule has 6 nitrogen and oxygen atoms in total. The molecule has 3 rings (SSSR count). The van der Waals surface area contributed by atoms with Crippen molar-refractivity contribution in [3.63, 3.8) is 0 Å². The molecule has 132 valence electrons. The Hall–Kier alpha value is -2.63. The number of aryl methyl sites for hydroxylation is 1. The zero-order valence-electron chi connectivity index (χ0n) is 14.8. The van der Waals surface area contributed by atoms with Gasteiger partial charge >= 0.3 is 0 Å². The van der Waals surface area contributed by atoms with E-state index in [1.807, 2.05) is 31.2 Å². The molecule has 1 N–H and O–H groups in total. The molecule has 0 spiro atoms. The average molecular weight is 340 g/mol. The minimum atomic E-state index is -0.166. The number of ether oxygens (including phenoxy) is 1. The van der Waals surface area contributed by atoms with Crippen LogP contribution in [0.15, 0.2) is 30.3 Å². The molecule has 1 saturated heterocycles. The summed E-state index contributed by atoms with van der Waals surface area (Å²) in [5.74, 6) is 2.14. The van der Waals surface area contributed by atoms with E-state index in [2.05, 4.69) is 20.2 Å². The Balaban J connectivity index is 1.63. The molecule has 1 aromatic heterocycles. The summed E-state index contributed by atoms with van der Waals surface area (Å²) in [5.41, 5.74) is 1.50. The van der Waals surface area contributed by atoms with Crippen molar-refractivity contribution < 1.29 is 9.53 Å². The molecular formula is C19H24N4O2. The van der Waals surface area contributed by atoms with E-state index < -0.39 is 0 Å². The van der Waals surface area contributed by atoms with Gasteiger partial charge in [-0.3, -0.25) is 4.79 Å². The molecule has 0 bridgehead atoms. The van der Waals surface area contributed by atoms with E-state index in [-0.39, 0.29) is 5.91 Å². The number of hydrogen-bond donors (Lipinski definition) is 1.